The summed E-state index contributed by atoms with van der Waals surface area (Å²) in [5.74, 6) is -0.316. The maximum absolute atomic E-state index is 11.7. The van der Waals surface area contributed by atoms with Gasteiger partial charge in [0.2, 0.25) is 0 Å². The molecule has 2 N–H and O–H groups in total. The Kier molecular flexibility index (Phi) is 2.93. The summed E-state index contributed by atoms with van der Waals surface area (Å²) in [7, 11) is 0. The summed E-state index contributed by atoms with van der Waals surface area (Å²) in [6.45, 7) is 1.61. The Morgan fingerprint density at radius 1 is 1.65 bits per heavy atom. The van der Waals surface area contributed by atoms with E-state index < -0.39 is 6.04 Å². The monoisotopic (exact) mass is 247 g/mol. The van der Waals surface area contributed by atoms with Crippen LogP contribution < -0.4 is 5.32 Å². The molecule has 2 rings (SSSR count). The summed E-state index contributed by atoms with van der Waals surface area (Å²) in [4.78, 5) is 14.8. The number of hydrogen-bond donors (Lipinski definition) is 2. The quantitative estimate of drug-likeness (QED) is 0.796. The van der Waals surface area contributed by atoms with E-state index in [1.165, 1.54) is 0 Å². The smallest absolute Gasteiger partial charge is 0.266 e. The van der Waals surface area contributed by atoms with E-state index in [0.29, 0.717) is 11.1 Å². The summed E-state index contributed by atoms with van der Waals surface area (Å²) in [6.07, 6.45) is 0. The van der Waals surface area contributed by atoms with Gasteiger partial charge in [0.05, 0.1) is 11.6 Å². The zero-order valence-corrected chi connectivity index (χ0v) is 9.80. The highest BCUT2D eigenvalue weighted by Crippen LogP contribution is 2.15. The van der Waals surface area contributed by atoms with Gasteiger partial charge in [-0.3, -0.25) is 4.79 Å². The Hall–Kier alpha value is -2.13. The first-order valence-corrected chi connectivity index (χ1v) is 5.34. The van der Waals surface area contributed by atoms with E-state index in [2.05, 4.69) is 10.3 Å². The number of aromatic amines is 1. The number of oxazole rings is 1. The maximum atomic E-state index is 11.7. The molecular weight excluding hydrogens is 238 g/mol. The molecule has 86 valence electrons. The van der Waals surface area contributed by atoms with Crippen molar-refractivity contribution < 1.29 is 9.21 Å². The number of carbonyl (C=O) groups excluding carboxylic acids is 1. The zero-order chi connectivity index (χ0) is 12.4. The molecule has 1 atom stereocenters. The number of fused-ring (bicyclic) bond motifs is 1. The van der Waals surface area contributed by atoms with Crippen molar-refractivity contribution in [1.82, 2.24) is 10.3 Å². The molecule has 0 spiro atoms. The van der Waals surface area contributed by atoms with Crippen LogP contribution in [0.25, 0.3) is 11.1 Å². The Balaban J connectivity index is 2.33. The highest BCUT2D eigenvalue weighted by Gasteiger charge is 2.10. The summed E-state index contributed by atoms with van der Waals surface area (Å²) in [5, 5.41) is 11.1. The first kappa shape index (κ1) is 11.4. The topological polar surface area (TPSA) is 81.8 Å². The molecule has 6 heteroatoms. The number of H-pyrrole nitrogens is 1. The average Bonchev–Trinajstić information content (AvgIpc) is 2.67. The van der Waals surface area contributed by atoms with Crippen LogP contribution in [0.4, 0.5) is 0 Å². The van der Waals surface area contributed by atoms with Gasteiger partial charge in [0.25, 0.3) is 10.7 Å². The predicted octanol–water partition coefficient (Wildman–Crippen LogP) is 2.13. The van der Waals surface area contributed by atoms with E-state index >= 15 is 0 Å². The number of carbonyl (C=O) groups is 1. The molecule has 0 bridgehead atoms. The van der Waals surface area contributed by atoms with E-state index in [0.717, 1.165) is 5.52 Å². The number of rotatable bonds is 2. The van der Waals surface area contributed by atoms with E-state index in [4.69, 9.17) is 21.9 Å². The lowest BCUT2D eigenvalue weighted by Gasteiger charge is -2.05. The van der Waals surface area contributed by atoms with Gasteiger partial charge >= 0.3 is 0 Å². The Bertz CT molecular complexity index is 665. The molecule has 0 saturated heterocycles. The van der Waals surface area contributed by atoms with Crippen LogP contribution in [0.5, 0.6) is 0 Å². The molecule has 0 saturated carbocycles. The van der Waals surface area contributed by atoms with Gasteiger partial charge in [-0.15, -0.1) is 0 Å². The van der Waals surface area contributed by atoms with E-state index in [9.17, 15) is 4.79 Å². The van der Waals surface area contributed by atoms with Crippen molar-refractivity contribution in [2.75, 3.05) is 0 Å². The van der Waals surface area contributed by atoms with Crippen LogP contribution in [0, 0.1) is 16.2 Å². The maximum Gasteiger partial charge on any atom is 0.266 e. The minimum atomic E-state index is -0.532. The lowest BCUT2D eigenvalue weighted by molar-refractivity contribution is 0.0948. The van der Waals surface area contributed by atoms with Gasteiger partial charge < -0.3 is 14.7 Å². The number of hydrogen-bond acceptors (Lipinski definition) is 4. The Labute approximate surface area is 102 Å². The van der Waals surface area contributed by atoms with Crippen molar-refractivity contribution in [3.05, 3.63) is 28.6 Å². The van der Waals surface area contributed by atoms with Gasteiger partial charge in [0.15, 0.2) is 5.58 Å². The van der Waals surface area contributed by atoms with E-state index in [1.807, 2.05) is 6.07 Å². The van der Waals surface area contributed by atoms with Crippen molar-refractivity contribution in [2.45, 2.75) is 13.0 Å². The molecule has 5 nitrogen and oxygen atoms in total. The van der Waals surface area contributed by atoms with Crippen LogP contribution in [-0.4, -0.2) is 16.9 Å². The first-order valence-electron chi connectivity index (χ1n) is 4.93. The van der Waals surface area contributed by atoms with Gasteiger partial charge in [-0.05, 0) is 37.3 Å². The standard InChI is InChI=1S/C11H9N3O2S/c1-6(5-12)13-10(15)7-2-3-8-9(4-7)16-11(17)14-8/h2-4,6H,1H3,(H,13,15)(H,14,17)/t6-/m1/s1. The van der Waals surface area contributed by atoms with Crippen molar-refractivity contribution in [3.8, 4) is 6.07 Å². The Morgan fingerprint density at radius 3 is 3.12 bits per heavy atom. The van der Waals surface area contributed by atoms with Crippen molar-refractivity contribution in [3.63, 3.8) is 0 Å². The number of aromatic nitrogens is 1. The molecule has 0 aliphatic heterocycles. The van der Waals surface area contributed by atoms with Crippen LogP contribution >= 0.6 is 12.2 Å². The molecule has 0 radical (unpaired) electrons. The minimum Gasteiger partial charge on any atom is -0.429 e. The number of nitrogens with zero attached hydrogens (tertiary/aromatic N) is 1. The van der Waals surface area contributed by atoms with Crippen molar-refractivity contribution in [2.24, 2.45) is 0 Å². The molecule has 1 aromatic heterocycles. The lowest BCUT2D eigenvalue weighted by atomic mass is 10.2. The summed E-state index contributed by atoms with van der Waals surface area (Å²) < 4.78 is 5.20. The lowest BCUT2D eigenvalue weighted by Crippen LogP contribution is -2.31. The zero-order valence-electron chi connectivity index (χ0n) is 8.98. The third kappa shape index (κ3) is 2.34. The van der Waals surface area contributed by atoms with E-state index in [-0.39, 0.29) is 10.7 Å². The highest BCUT2D eigenvalue weighted by atomic mass is 32.1. The van der Waals surface area contributed by atoms with Crippen LogP contribution in [0.1, 0.15) is 17.3 Å². The van der Waals surface area contributed by atoms with E-state index in [1.54, 1.807) is 25.1 Å². The second-order valence-corrected chi connectivity index (χ2v) is 3.92. The molecule has 1 aromatic carbocycles. The fraction of sp³-hybridized carbons (Fsp3) is 0.182. The fourth-order valence-corrected chi connectivity index (χ4v) is 1.60. The second-order valence-electron chi connectivity index (χ2n) is 3.55. The average molecular weight is 247 g/mol. The summed E-state index contributed by atoms with van der Waals surface area (Å²) >= 11 is 4.84. The van der Waals surface area contributed by atoms with Crippen LogP contribution in [-0.2, 0) is 0 Å². The predicted molar refractivity (Wildman–Crippen MR) is 63.9 cm³/mol. The normalized spacial score (nSPS) is 12.0. The third-order valence-electron chi connectivity index (χ3n) is 2.22. The molecule has 0 fully saturated rings. The second kappa shape index (κ2) is 4.39. The molecule has 1 amide bonds. The number of benzene rings is 1. The first-order chi connectivity index (χ1) is 8.10. The van der Waals surface area contributed by atoms with Gasteiger partial charge in [-0.2, -0.15) is 5.26 Å². The van der Waals surface area contributed by atoms with Crippen LogP contribution in [0.3, 0.4) is 0 Å². The third-order valence-corrected chi connectivity index (χ3v) is 2.41. The summed E-state index contributed by atoms with van der Waals surface area (Å²) in [6, 6.07) is 6.33. The fourth-order valence-electron chi connectivity index (χ4n) is 1.40. The largest absolute Gasteiger partial charge is 0.429 e. The SMILES string of the molecule is C[C@H](C#N)NC(=O)c1ccc2[nH]c(=S)oc2c1. The van der Waals surface area contributed by atoms with Gasteiger partial charge in [-0.25, -0.2) is 0 Å². The van der Waals surface area contributed by atoms with Crippen molar-refractivity contribution in [1.29, 1.82) is 5.26 Å². The van der Waals surface area contributed by atoms with Crippen molar-refractivity contribution >= 4 is 29.2 Å². The molecule has 17 heavy (non-hydrogen) atoms. The molecule has 0 aliphatic rings. The van der Waals surface area contributed by atoms with Crippen LogP contribution in [0.15, 0.2) is 22.6 Å². The highest BCUT2D eigenvalue weighted by molar-refractivity contribution is 7.71. The van der Waals surface area contributed by atoms with Gasteiger partial charge in [0.1, 0.15) is 6.04 Å². The summed E-state index contributed by atoms with van der Waals surface area (Å²) in [5.41, 5.74) is 1.68. The number of nitriles is 1. The molecule has 0 unspecified atom stereocenters. The van der Waals surface area contributed by atoms with Gasteiger partial charge in [-0.1, -0.05) is 0 Å². The number of amides is 1. The van der Waals surface area contributed by atoms with Crippen LogP contribution in [0.2, 0.25) is 0 Å². The molecule has 1 heterocycles. The minimum absolute atomic E-state index is 0.267. The number of nitrogens with one attached hydrogen (secondary N) is 2. The molecule has 0 aliphatic carbocycles. The molecule has 2 aromatic rings. The van der Waals surface area contributed by atoms with Gasteiger partial charge in [0, 0.05) is 5.56 Å². The Morgan fingerprint density at radius 2 is 2.41 bits per heavy atom. The molecular formula is C11H9N3O2S.